The molecule has 0 unspecified atom stereocenters. The Labute approximate surface area is 154 Å². The SMILES string of the molecule is CCOc1ccc(CNC(=O)N2C[C@@H](C(F)(F)F)[C@H](C(=O)O)C2)cc1OC. The smallest absolute Gasteiger partial charge is 0.394 e. The Morgan fingerprint density at radius 3 is 2.52 bits per heavy atom. The fourth-order valence-electron chi connectivity index (χ4n) is 2.94. The van der Waals surface area contributed by atoms with Crippen LogP contribution in [0.1, 0.15) is 12.5 Å². The molecule has 0 bridgehead atoms. The predicted molar refractivity (Wildman–Crippen MR) is 88.6 cm³/mol. The quantitative estimate of drug-likeness (QED) is 0.779. The largest absolute Gasteiger partial charge is 0.493 e. The maximum absolute atomic E-state index is 13.0. The molecule has 2 N–H and O–H groups in total. The van der Waals surface area contributed by atoms with Gasteiger partial charge in [0.25, 0.3) is 0 Å². The van der Waals surface area contributed by atoms with Crippen molar-refractivity contribution in [1.82, 2.24) is 10.2 Å². The number of ether oxygens (including phenoxy) is 2. The maximum atomic E-state index is 13.0. The molecule has 2 amide bonds. The lowest BCUT2D eigenvalue weighted by Crippen LogP contribution is -2.39. The number of methoxy groups -OCH3 is 1. The number of carboxylic acid groups (broad SMARTS) is 1. The first-order valence-corrected chi connectivity index (χ1v) is 8.29. The molecule has 7 nitrogen and oxygen atoms in total. The first kappa shape index (κ1) is 20.7. The van der Waals surface area contributed by atoms with Crippen LogP contribution >= 0.6 is 0 Å². The molecule has 2 atom stereocenters. The number of urea groups is 1. The Hall–Kier alpha value is -2.65. The van der Waals surface area contributed by atoms with Crippen molar-refractivity contribution in [2.75, 3.05) is 26.8 Å². The van der Waals surface area contributed by atoms with E-state index in [0.717, 1.165) is 4.90 Å². The summed E-state index contributed by atoms with van der Waals surface area (Å²) in [5, 5.41) is 11.5. The molecule has 0 aliphatic carbocycles. The van der Waals surface area contributed by atoms with Gasteiger partial charge in [0.1, 0.15) is 0 Å². The van der Waals surface area contributed by atoms with Crippen LogP contribution in [0.15, 0.2) is 18.2 Å². The summed E-state index contributed by atoms with van der Waals surface area (Å²) in [4.78, 5) is 24.1. The molecule has 1 saturated heterocycles. The molecule has 0 aromatic heterocycles. The standard InChI is InChI=1S/C17H21F3N2O5/c1-3-27-13-5-4-10(6-14(13)26-2)7-21-16(25)22-8-11(15(23)24)12(9-22)17(18,19)20/h4-6,11-12H,3,7-9H2,1-2H3,(H,21,25)(H,23,24)/t11-,12-/m1/s1. The van der Waals surface area contributed by atoms with Gasteiger partial charge in [-0.3, -0.25) is 4.79 Å². The predicted octanol–water partition coefficient (Wildman–Crippen LogP) is 2.50. The van der Waals surface area contributed by atoms with Gasteiger partial charge in [0.15, 0.2) is 11.5 Å². The number of amides is 2. The van der Waals surface area contributed by atoms with E-state index in [1.165, 1.54) is 7.11 Å². The third-order valence-corrected chi connectivity index (χ3v) is 4.32. The summed E-state index contributed by atoms with van der Waals surface area (Å²) in [6, 6.07) is 4.25. The number of alkyl halides is 3. The molecule has 10 heteroatoms. The molecular formula is C17H21F3N2O5. The highest BCUT2D eigenvalue weighted by Crippen LogP contribution is 2.37. The van der Waals surface area contributed by atoms with Crippen LogP contribution in [0, 0.1) is 11.8 Å². The zero-order chi connectivity index (χ0) is 20.2. The first-order chi connectivity index (χ1) is 12.7. The topological polar surface area (TPSA) is 88.1 Å². The Balaban J connectivity index is 2.01. The van der Waals surface area contributed by atoms with Crippen LogP contribution in [0.2, 0.25) is 0 Å². The van der Waals surface area contributed by atoms with Gasteiger partial charge in [0.2, 0.25) is 0 Å². The van der Waals surface area contributed by atoms with E-state index in [1.807, 2.05) is 6.92 Å². The Kier molecular flexibility index (Phi) is 6.40. The highest BCUT2D eigenvalue weighted by molar-refractivity contribution is 5.77. The maximum Gasteiger partial charge on any atom is 0.394 e. The van der Waals surface area contributed by atoms with Crippen LogP contribution < -0.4 is 14.8 Å². The number of rotatable bonds is 6. The van der Waals surface area contributed by atoms with Crippen molar-refractivity contribution in [3.8, 4) is 11.5 Å². The van der Waals surface area contributed by atoms with Crippen molar-refractivity contribution < 1.29 is 37.3 Å². The summed E-state index contributed by atoms with van der Waals surface area (Å²) in [6.07, 6.45) is -4.68. The zero-order valence-electron chi connectivity index (χ0n) is 14.9. The van der Waals surface area contributed by atoms with Gasteiger partial charge in [0.05, 0.1) is 25.6 Å². The van der Waals surface area contributed by atoms with E-state index in [9.17, 15) is 22.8 Å². The number of carbonyl (C=O) groups is 2. The highest BCUT2D eigenvalue weighted by Gasteiger charge is 2.53. The average molecular weight is 390 g/mol. The summed E-state index contributed by atoms with van der Waals surface area (Å²) in [5.41, 5.74) is 0.657. The van der Waals surface area contributed by atoms with E-state index in [-0.39, 0.29) is 6.54 Å². The van der Waals surface area contributed by atoms with Gasteiger partial charge in [-0.15, -0.1) is 0 Å². The summed E-state index contributed by atoms with van der Waals surface area (Å²) in [5.74, 6) is -4.31. The summed E-state index contributed by atoms with van der Waals surface area (Å²) < 4.78 is 49.6. The molecule has 0 spiro atoms. The second-order valence-corrected chi connectivity index (χ2v) is 6.07. The summed E-state index contributed by atoms with van der Waals surface area (Å²) in [6.45, 7) is 1.15. The molecule has 1 fully saturated rings. The monoisotopic (exact) mass is 390 g/mol. The minimum Gasteiger partial charge on any atom is -0.493 e. The van der Waals surface area contributed by atoms with E-state index in [4.69, 9.17) is 14.6 Å². The van der Waals surface area contributed by atoms with Crippen LogP contribution in [-0.2, 0) is 11.3 Å². The van der Waals surface area contributed by atoms with Gasteiger partial charge in [-0.2, -0.15) is 13.2 Å². The van der Waals surface area contributed by atoms with Crippen LogP contribution in [0.3, 0.4) is 0 Å². The van der Waals surface area contributed by atoms with Gasteiger partial charge in [-0.05, 0) is 24.6 Å². The fraction of sp³-hybridized carbons (Fsp3) is 0.529. The molecule has 1 heterocycles. The van der Waals surface area contributed by atoms with Crippen molar-refractivity contribution >= 4 is 12.0 Å². The van der Waals surface area contributed by atoms with E-state index >= 15 is 0 Å². The molecule has 0 saturated carbocycles. The lowest BCUT2D eigenvalue weighted by atomic mass is 9.96. The van der Waals surface area contributed by atoms with Crippen LogP contribution in [0.5, 0.6) is 11.5 Å². The van der Waals surface area contributed by atoms with Crippen molar-refractivity contribution in [3.05, 3.63) is 23.8 Å². The number of likely N-dealkylation sites (tertiary alicyclic amines) is 1. The van der Waals surface area contributed by atoms with Crippen molar-refractivity contribution in [2.45, 2.75) is 19.6 Å². The third-order valence-electron chi connectivity index (χ3n) is 4.32. The molecule has 1 aromatic carbocycles. The van der Waals surface area contributed by atoms with E-state index < -0.39 is 43.1 Å². The van der Waals surface area contributed by atoms with Crippen LogP contribution in [0.25, 0.3) is 0 Å². The fourth-order valence-corrected chi connectivity index (χ4v) is 2.94. The minimum absolute atomic E-state index is 0.0481. The summed E-state index contributed by atoms with van der Waals surface area (Å²) in [7, 11) is 1.47. The number of carbonyl (C=O) groups excluding carboxylic acids is 1. The minimum atomic E-state index is -4.68. The van der Waals surface area contributed by atoms with E-state index in [1.54, 1.807) is 18.2 Å². The number of nitrogens with one attached hydrogen (secondary N) is 1. The van der Waals surface area contributed by atoms with E-state index in [0.29, 0.717) is 23.7 Å². The molecule has 0 radical (unpaired) electrons. The molecule has 27 heavy (non-hydrogen) atoms. The normalized spacial score (nSPS) is 19.7. The third kappa shape index (κ3) is 4.95. The Morgan fingerprint density at radius 2 is 2.00 bits per heavy atom. The van der Waals surface area contributed by atoms with Crippen molar-refractivity contribution in [1.29, 1.82) is 0 Å². The van der Waals surface area contributed by atoms with Crippen molar-refractivity contribution in [2.24, 2.45) is 11.8 Å². The number of benzene rings is 1. The molecule has 150 valence electrons. The van der Waals surface area contributed by atoms with Gasteiger partial charge >= 0.3 is 18.2 Å². The molecule has 1 aliphatic heterocycles. The Morgan fingerprint density at radius 1 is 1.30 bits per heavy atom. The number of hydrogen-bond donors (Lipinski definition) is 2. The number of hydrogen-bond acceptors (Lipinski definition) is 4. The lowest BCUT2D eigenvalue weighted by Gasteiger charge is -2.19. The number of aliphatic carboxylic acids is 1. The molecule has 2 rings (SSSR count). The first-order valence-electron chi connectivity index (χ1n) is 8.29. The molecule has 1 aliphatic rings. The number of carboxylic acids is 1. The highest BCUT2D eigenvalue weighted by atomic mass is 19.4. The van der Waals surface area contributed by atoms with Crippen LogP contribution in [-0.4, -0.2) is 55.0 Å². The van der Waals surface area contributed by atoms with Gasteiger partial charge in [0, 0.05) is 19.6 Å². The molecular weight excluding hydrogens is 369 g/mol. The zero-order valence-corrected chi connectivity index (χ0v) is 14.9. The van der Waals surface area contributed by atoms with Gasteiger partial charge in [-0.25, -0.2) is 4.79 Å². The van der Waals surface area contributed by atoms with E-state index in [2.05, 4.69) is 5.32 Å². The number of nitrogens with zero attached hydrogens (tertiary/aromatic N) is 1. The van der Waals surface area contributed by atoms with Gasteiger partial charge < -0.3 is 24.8 Å². The number of halogens is 3. The molecule has 1 aromatic rings. The second-order valence-electron chi connectivity index (χ2n) is 6.07. The summed E-state index contributed by atoms with van der Waals surface area (Å²) >= 11 is 0. The Bertz CT molecular complexity index is 696. The lowest BCUT2D eigenvalue weighted by molar-refractivity contribution is -0.187. The average Bonchev–Trinajstić information content (AvgIpc) is 3.07. The van der Waals surface area contributed by atoms with Gasteiger partial charge in [-0.1, -0.05) is 6.07 Å². The van der Waals surface area contributed by atoms with Crippen molar-refractivity contribution in [3.63, 3.8) is 0 Å². The van der Waals surface area contributed by atoms with Crippen LogP contribution in [0.4, 0.5) is 18.0 Å². The second kappa shape index (κ2) is 8.36.